The number of benzene rings is 2. The highest BCUT2D eigenvalue weighted by atomic mass is 35.5. The van der Waals surface area contributed by atoms with Crippen molar-refractivity contribution >= 4 is 29.2 Å². The van der Waals surface area contributed by atoms with Crippen LogP contribution in [0.15, 0.2) is 48.5 Å². The summed E-state index contributed by atoms with van der Waals surface area (Å²) in [6.07, 6.45) is 2.78. The molecule has 3 rings (SSSR count). The molecule has 0 aliphatic heterocycles. The van der Waals surface area contributed by atoms with Gasteiger partial charge in [0.15, 0.2) is 0 Å². The van der Waals surface area contributed by atoms with E-state index in [1.165, 1.54) is 18.2 Å². The Morgan fingerprint density at radius 2 is 1.78 bits per heavy atom. The van der Waals surface area contributed by atoms with Crippen LogP contribution >= 0.6 is 11.6 Å². The van der Waals surface area contributed by atoms with Crippen molar-refractivity contribution < 1.29 is 14.0 Å². The molecule has 3 N–H and O–H groups in total. The van der Waals surface area contributed by atoms with Gasteiger partial charge < -0.3 is 16.0 Å². The maximum atomic E-state index is 13.3. The van der Waals surface area contributed by atoms with Crippen LogP contribution in [-0.4, -0.2) is 17.5 Å². The Hall–Kier alpha value is -2.60. The molecule has 0 atom stereocenters. The average molecular weight is 390 g/mol. The van der Waals surface area contributed by atoms with Crippen molar-refractivity contribution in [2.75, 3.05) is 5.32 Å². The molecule has 2 aromatic rings. The van der Waals surface area contributed by atoms with Gasteiger partial charge in [-0.05, 0) is 36.6 Å². The van der Waals surface area contributed by atoms with E-state index in [0.717, 1.165) is 18.4 Å². The predicted molar refractivity (Wildman–Crippen MR) is 103 cm³/mol. The molecule has 0 unspecified atom stereocenters. The summed E-state index contributed by atoms with van der Waals surface area (Å²) >= 11 is 5.77. The van der Waals surface area contributed by atoms with E-state index in [1.54, 1.807) is 0 Å². The third-order valence-corrected chi connectivity index (χ3v) is 5.01. The fraction of sp³-hybridized carbons (Fsp3) is 0.300. The minimum Gasteiger partial charge on any atom is -0.334 e. The van der Waals surface area contributed by atoms with Crippen LogP contribution in [0.4, 0.5) is 14.9 Å². The average Bonchev–Trinajstić information content (AvgIpc) is 3.14. The van der Waals surface area contributed by atoms with Crippen LogP contribution < -0.4 is 16.0 Å². The molecule has 1 aliphatic carbocycles. The van der Waals surface area contributed by atoms with Gasteiger partial charge in [-0.3, -0.25) is 4.79 Å². The van der Waals surface area contributed by atoms with Gasteiger partial charge in [0.05, 0.1) is 5.02 Å². The molecule has 1 fully saturated rings. The van der Waals surface area contributed by atoms with Crippen LogP contribution in [0.25, 0.3) is 0 Å². The lowest BCUT2D eigenvalue weighted by Crippen LogP contribution is -2.57. The second-order valence-corrected chi connectivity index (χ2v) is 7.07. The van der Waals surface area contributed by atoms with Crippen molar-refractivity contribution in [1.29, 1.82) is 0 Å². The zero-order valence-corrected chi connectivity index (χ0v) is 15.5. The molecule has 142 valence electrons. The van der Waals surface area contributed by atoms with Crippen molar-refractivity contribution in [3.63, 3.8) is 0 Å². The highest BCUT2D eigenvalue weighted by molar-refractivity contribution is 6.31. The summed E-state index contributed by atoms with van der Waals surface area (Å²) < 4.78 is 13.3. The van der Waals surface area contributed by atoms with E-state index in [2.05, 4.69) is 16.0 Å². The van der Waals surface area contributed by atoms with Crippen molar-refractivity contribution in [3.8, 4) is 0 Å². The normalized spacial score (nSPS) is 15.2. The highest BCUT2D eigenvalue weighted by Crippen LogP contribution is 2.31. The number of urea groups is 1. The molecule has 7 heteroatoms. The van der Waals surface area contributed by atoms with Crippen LogP contribution in [0.1, 0.15) is 31.2 Å². The molecule has 0 bridgehead atoms. The first-order chi connectivity index (χ1) is 13.0. The number of nitrogens with one attached hydrogen (secondary N) is 3. The molecule has 0 aromatic heterocycles. The fourth-order valence-electron chi connectivity index (χ4n) is 3.25. The lowest BCUT2D eigenvalue weighted by Gasteiger charge is -2.29. The van der Waals surface area contributed by atoms with E-state index in [1.807, 2.05) is 30.3 Å². The Kier molecular flexibility index (Phi) is 5.96. The number of amides is 3. The fourth-order valence-corrected chi connectivity index (χ4v) is 3.43. The number of rotatable bonds is 5. The third kappa shape index (κ3) is 4.77. The van der Waals surface area contributed by atoms with Crippen LogP contribution in [0.5, 0.6) is 0 Å². The van der Waals surface area contributed by atoms with Gasteiger partial charge in [-0.2, -0.15) is 0 Å². The van der Waals surface area contributed by atoms with Crippen LogP contribution in [-0.2, 0) is 11.3 Å². The second-order valence-electron chi connectivity index (χ2n) is 6.67. The minimum absolute atomic E-state index is 0.0677. The largest absolute Gasteiger partial charge is 0.334 e. The first kappa shape index (κ1) is 19.2. The lowest BCUT2D eigenvalue weighted by molar-refractivity contribution is -0.121. The Morgan fingerprint density at radius 3 is 2.44 bits per heavy atom. The molecule has 0 heterocycles. The summed E-state index contributed by atoms with van der Waals surface area (Å²) in [7, 11) is 0. The van der Waals surface area contributed by atoms with Gasteiger partial charge in [-0.1, -0.05) is 54.8 Å². The molecule has 0 radical (unpaired) electrons. The molecule has 27 heavy (non-hydrogen) atoms. The van der Waals surface area contributed by atoms with Crippen LogP contribution in [0.3, 0.4) is 0 Å². The van der Waals surface area contributed by atoms with E-state index in [9.17, 15) is 14.0 Å². The Morgan fingerprint density at radius 1 is 1.07 bits per heavy atom. The first-order valence-electron chi connectivity index (χ1n) is 8.85. The van der Waals surface area contributed by atoms with Gasteiger partial charge in [0.1, 0.15) is 11.4 Å². The number of carbonyl (C=O) groups excluding carboxylic acids is 2. The number of halogens is 2. The van der Waals surface area contributed by atoms with Crippen molar-refractivity contribution in [2.45, 2.75) is 37.8 Å². The molecule has 0 saturated heterocycles. The molecule has 2 aromatic carbocycles. The number of carbonyl (C=O) groups is 2. The topological polar surface area (TPSA) is 70.2 Å². The molecule has 1 aliphatic rings. The van der Waals surface area contributed by atoms with Gasteiger partial charge in [0, 0.05) is 12.2 Å². The molecule has 0 spiro atoms. The summed E-state index contributed by atoms with van der Waals surface area (Å²) in [4.78, 5) is 25.2. The quantitative estimate of drug-likeness (QED) is 0.716. The van der Waals surface area contributed by atoms with E-state index < -0.39 is 17.4 Å². The second kappa shape index (κ2) is 8.39. The van der Waals surface area contributed by atoms with Crippen LogP contribution in [0.2, 0.25) is 5.02 Å². The number of anilines is 1. The lowest BCUT2D eigenvalue weighted by atomic mass is 9.96. The summed E-state index contributed by atoms with van der Waals surface area (Å²) in [5.41, 5.74) is 0.379. The monoisotopic (exact) mass is 389 g/mol. The van der Waals surface area contributed by atoms with Gasteiger partial charge in [-0.25, -0.2) is 9.18 Å². The molecule has 5 nitrogen and oxygen atoms in total. The predicted octanol–water partition coefficient (Wildman–Crippen LogP) is 4.23. The Labute approximate surface area is 162 Å². The van der Waals surface area contributed by atoms with Gasteiger partial charge >= 0.3 is 6.03 Å². The first-order valence-corrected chi connectivity index (χ1v) is 9.23. The van der Waals surface area contributed by atoms with E-state index in [-0.39, 0.29) is 10.9 Å². The zero-order valence-electron chi connectivity index (χ0n) is 14.7. The molecule has 1 saturated carbocycles. The SMILES string of the molecule is O=C(NCc1ccccc1)NC1(C(=O)Nc2ccc(F)c(Cl)c2)CCCC1. The van der Waals surface area contributed by atoms with E-state index >= 15 is 0 Å². The zero-order chi connectivity index (χ0) is 19.3. The number of hydrogen-bond donors (Lipinski definition) is 3. The van der Waals surface area contributed by atoms with Crippen LogP contribution in [0, 0.1) is 5.82 Å². The standard InChI is InChI=1S/C20H21ClFN3O2/c21-16-12-15(8-9-17(16)22)24-18(26)20(10-4-5-11-20)25-19(27)23-13-14-6-2-1-3-7-14/h1-3,6-9,12H,4-5,10-11,13H2,(H,24,26)(H2,23,25,27). The maximum Gasteiger partial charge on any atom is 0.315 e. The van der Waals surface area contributed by atoms with E-state index in [4.69, 9.17) is 11.6 Å². The Bertz CT molecular complexity index is 823. The minimum atomic E-state index is -0.984. The maximum absolute atomic E-state index is 13.3. The highest BCUT2D eigenvalue weighted by Gasteiger charge is 2.42. The summed E-state index contributed by atoms with van der Waals surface area (Å²) in [5.74, 6) is -0.874. The smallest absolute Gasteiger partial charge is 0.315 e. The molecule has 3 amide bonds. The number of hydrogen-bond acceptors (Lipinski definition) is 2. The third-order valence-electron chi connectivity index (χ3n) is 4.72. The molecular formula is C20H21ClFN3O2. The van der Waals surface area contributed by atoms with E-state index in [0.29, 0.717) is 25.1 Å². The summed E-state index contributed by atoms with van der Waals surface area (Å²) in [6, 6.07) is 13.1. The summed E-state index contributed by atoms with van der Waals surface area (Å²) in [6.45, 7) is 0.373. The Balaban J connectivity index is 1.64. The van der Waals surface area contributed by atoms with Gasteiger partial charge in [0.2, 0.25) is 5.91 Å². The van der Waals surface area contributed by atoms with Gasteiger partial charge in [-0.15, -0.1) is 0 Å². The van der Waals surface area contributed by atoms with Crippen molar-refractivity contribution in [2.24, 2.45) is 0 Å². The van der Waals surface area contributed by atoms with Gasteiger partial charge in [0.25, 0.3) is 0 Å². The summed E-state index contributed by atoms with van der Waals surface area (Å²) in [5, 5.41) is 8.30. The van der Waals surface area contributed by atoms with Crippen molar-refractivity contribution in [1.82, 2.24) is 10.6 Å². The molecular weight excluding hydrogens is 369 g/mol. The van der Waals surface area contributed by atoms with Crippen molar-refractivity contribution in [3.05, 3.63) is 64.9 Å².